The summed E-state index contributed by atoms with van der Waals surface area (Å²) in [4.78, 5) is 27.2. The molecule has 1 aromatic heterocycles. The minimum atomic E-state index is -0.393. The summed E-state index contributed by atoms with van der Waals surface area (Å²) in [6, 6.07) is 2.73. The lowest BCUT2D eigenvalue weighted by molar-refractivity contribution is -0.118. The lowest BCUT2D eigenvalue weighted by Crippen LogP contribution is -2.32. The van der Waals surface area contributed by atoms with Crippen LogP contribution >= 0.6 is 11.6 Å². The molecule has 0 spiro atoms. The fourth-order valence-corrected chi connectivity index (χ4v) is 2.36. The zero-order valence-electron chi connectivity index (χ0n) is 12.0. The zero-order valence-corrected chi connectivity index (χ0v) is 12.8. The highest BCUT2D eigenvalue weighted by Gasteiger charge is 2.21. The Morgan fingerprint density at radius 1 is 1.48 bits per heavy atom. The summed E-state index contributed by atoms with van der Waals surface area (Å²) < 4.78 is 7.21. The number of carbonyl (C=O) groups is 2. The lowest BCUT2D eigenvalue weighted by Gasteiger charge is -2.21. The van der Waals surface area contributed by atoms with Crippen molar-refractivity contribution < 1.29 is 14.3 Å². The molecule has 1 aromatic carbocycles. The summed E-state index contributed by atoms with van der Waals surface area (Å²) in [5, 5.41) is 8.41. The van der Waals surface area contributed by atoms with Crippen molar-refractivity contribution in [1.29, 1.82) is 0 Å². The van der Waals surface area contributed by atoms with Crippen molar-refractivity contribution in [2.75, 3.05) is 23.8 Å². The van der Waals surface area contributed by atoms with Gasteiger partial charge in [0, 0.05) is 30.5 Å². The molecule has 0 aliphatic carbocycles. The molecule has 120 valence electrons. The Kier molecular flexibility index (Phi) is 4.33. The number of aromatic nitrogens is 2. The van der Waals surface area contributed by atoms with Crippen LogP contribution in [0.25, 0.3) is 0 Å². The first-order chi connectivity index (χ1) is 11.1. The highest BCUT2D eigenvalue weighted by atomic mass is 35.5. The molecule has 0 atom stereocenters. The van der Waals surface area contributed by atoms with Crippen molar-refractivity contribution in [3.63, 3.8) is 0 Å². The van der Waals surface area contributed by atoms with Gasteiger partial charge in [0.15, 0.2) is 12.4 Å². The van der Waals surface area contributed by atoms with E-state index in [2.05, 4.69) is 20.9 Å². The minimum Gasteiger partial charge on any atom is -0.479 e. The van der Waals surface area contributed by atoms with Gasteiger partial charge in [0.25, 0.3) is 5.91 Å². The molecule has 0 saturated carbocycles. The maximum atomic E-state index is 12.0. The van der Waals surface area contributed by atoms with E-state index in [9.17, 15) is 9.59 Å². The first-order valence-corrected chi connectivity index (χ1v) is 7.26. The Bertz CT molecular complexity index is 732. The van der Waals surface area contributed by atoms with E-state index in [0.29, 0.717) is 35.2 Å². The number of imidazole rings is 1. The van der Waals surface area contributed by atoms with E-state index in [1.807, 2.05) is 10.8 Å². The largest absolute Gasteiger partial charge is 0.479 e. The number of hydrogen-bond donors (Lipinski definition) is 3. The van der Waals surface area contributed by atoms with Crippen LogP contribution in [0.1, 0.15) is 0 Å². The number of fused-ring (bicyclic) bond motifs is 1. The Labute approximate surface area is 136 Å². The lowest BCUT2D eigenvalue weighted by atomic mass is 10.2. The van der Waals surface area contributed by atoms with Crippen LogP contribution in [-0.4, -0.2) is 34.6 Å². The smallest absolute Gasteiger partial charge is 0.319 e. The molecule has 2 aromatic rings. The number of amides is 3. The molecule has 0 fully saturated rings. The Morgan fingerprint density at radius 2 is 2.35 bits per heavy atom. The molecule has 0 saturated heterocycles. The second kappa shape index (κ2) is 6.57. The van der Waals surface area contributed by atoms with E-state index < -0.39 is 6.03 Å². The predicted octanol–water partition coefficient (Wildman–Crippen LogP) is 1.69. The van der Waals surface area contributed by atoms with Gasteiger partial charge in [0.05, 0.1) is 17.7 Å². The van der Waals surface area contributed by atoms with Crippen LogP contribution in [0.5, 0.6) is 5.75 Å². The summed E-state index contributed by atoms with van der Waals surface area (Å²) in [6.45, 7) is 0.932. The number of nitrogens with one attached hydrogen (secondary N) is 3. The second-order valence-electron chi connectivity index (χ2n) is 4.85. The van der Waals surface area contributed by atoms with Crippen molar-refractivity contribution in [3.8, 4) is 5.75 Å². The van der Waals surface area contributed by atoms with E-state index in [4.69, 9.17) is 16.3 Å². The Hall–Kier alpha value is -2.74. The fourth-order valence-electron chi connectivity index (χ4n) is 2.14. The molecule has 0 radical (unpaired) electrons. The monoisotopic (exact) mass is 335 g/mol. The van der Waals surface area contributed by atoms with Crippen molar-refractivity contribution in [1.82, 2.24) is 14.9 Å². The van der Waals surface area contributed by atoms with Crippen molar-refractivity contribution >= 4 is 34.9 Å². The molecule has 9 heteroatoms. The molecule has 0 unspecified atom stereocenters. The third-order valence-electron chi connectivity index (χ3n) is 3.14. The first-order valence-electron chi connectivity index (χ1n) is 6.88. The number of carbonyl (C=O) groups excluding carboxylic acids is 2. The van der Waals surface area contributed by atoms with Crippen molar-refractivity contribution in [3.05, 3.63) is 35.9 Å². The SMILES string of the molecule is O=C1COc2c(cc(Cl)cc2NC(=O)NCCn2ccnc2)N1. The van der Waals surface area contributed by atoms with Crippen LogP contribution in [0.4, 0.5) is 16.2 Å². The zero-order chi connectivity index (χ0) is 16.2. The number of anilines is 2. The normalized spacial score (nSPS) is 12.8. The standard InChI is InChI=1S/C14H14ClN5O3/c15-9-5-10-13(23-7-12(21)18-10)11(6-9)19-14(22)17-2-4-20-3-1-16-8-20/h1,3,5-6,8H,2,4,7H2,(H,18,21)(H2,17,19,22). The Morgan fingerprint density at radius 3 is 3.13 bits per heavy atom. The Balaban J connectivity index is 1.63. The maximum absolute atomic E-state index is 12.0. The van der Waals surface area contributed by atoms with Crippen LogP contribution in [0.3, 0.4) is 0 Å². The average Bonchev–Trinajstić information content (AvgIpc) is 2.99. The highest BCUT2D eigenvalue weighted by molar-refractivity contribution is 6.31. The molecule has 2 heterocycles. The summed E-state index contributed by atoms with van der Waals surface area (Å²) >= 11 is 6.00. The molecule has 3 rings (SSSR count). The molecular weight excluding hydrogens is 322 g/mol. The summed E-state index contributed by atoms with van der Waals surface area (Å²) in [6.07, 6.45) is 5.15. The third kappa shape index (κ3) is 3.72. The van der Waals surface area contributed by atoms with Gasteiger partial charge in [-0.2, -0.15) is 0 Å². The fraction of sp³-hybridized carbons (Fsp3) is 0.214. The molecule has 23 heavy (non-hydrogen) atoms. The molecule has 1 aliphatic rings. The first kappa shape index (κ1) is 15.2. The number of benzene rings is 1. The molecule has 0 bridgehead atoms. The van der Waals surface area contributed by atoms with Gasteiger partial charge < -0.3 is 25.3 Å². The van der Waals surface area contributed by atoms with E-state index in [-0.39, 0.29) is 12.5 Å². The number of urea groups is 1. The summed E-state index contributed by atoms with van der Waals surface area (Å²) in [5.74, 6) is 0.120. The number of rotatable bonds is 4. The highest BCUT2D eigenvalue weighted by Crippen LogP contribution is 2.38. The van der Waals surface area contributed by atoms with E-state index in [1.165, 1.54) is 0 Å². The van der Waals surface area contributed by atoms with Crippen LogP contribution in [-0.2, 0) is 11.3 Å². The van der Waals surface area contributed by atoms with Crippen molar-refractivity contribution in [2.24, 2.45) is 0 Å². The second-order valence-corrected chi connectivity index (χ2v) is 5.28. The number of nitrogens with zero attached hydrogens (tertiary/aromatic N) is 2. The molecule has 3 amide bonds. The molecule has 1 aliphatic heterocycles. The van der Waals surface area contributed by atoms with Gasteiger partial charge >= 0.3 is 6.03 Å². The number of ether oxygens (including phenoxy) is 1. The van der Waals surface area contributed by atoms with E-state index in [1.54, 1.807) is 24.7 Å². The summed E-state index contributed by atoms with van der Waals surface area (Å²) in [5.41, 5.74) is 0.829. The summed E-state index contributed by atoms with van der Waals surface area (Å²) in [7, 11) is 0. The van der Waals surface area contributed by atoms with Crippen LogP contribution < -0.4 is 20.7 Å². The topological polar surface area (TPSA) is 97.3 Å². The van der Waals surface area contributed by atoms with Crippen LogP contribution in [0.15, 0.2) is 30.9 Å². The quantitative estimate of drug-likeness (QED) is 0.792. The van der Waals surface area contributed by atoms with Crippen LogP contribution in [0.2, 0.25) is 5.02 Å². The van der Waals surface area contributed by atoms with Gasteiger partial charge in [0.1, 0.15) is 0 Å². The molecular formula is C14H14ClN5O3. The number of hydrogen-bond acceptors (Lipinski definition) is 4. The maximum Gasteiger partial charge on any atom is 0.319 e. The average molecular weight is 336 g/mol. The minimum absolute atomic E-state index is 0.106. The number of halogens is 1. The van der Waals surface area contributed by atoms with E-state index in [0.717, 1.165) is 0 Å². The van der Waals surface area contributed by atoms with Crippen molar-refractivity contribution in [2.45, 2.75) is 6.54 Å². The van der Waals surface area contributed by atoms with Gasteiger partial charge in [-0.05, 0) is 12.1 Å². The van der Waals surface area contributed by atoms with Gasteiger partial charge in [-0.1, -0.05) is 11.6 Å². The predicted molar refractivity (Wildman–Crippen MR) is 84.8 cm³/mol. The van der Waals surface area contributed by atoms with Crippen LogP contribution in [0, 0.1) is 0 Å². The van der Waals surface area contributed by atoms with Gasteiger partial charge in [-0.15, -0.1) is 0 Å². The molecule has 3 N–H and O–H groups in total. The van der Waals surface area contributed by atoms with Gasteiger partial charge in [-0.25, -0.2) is 9.78 Å². The molecule has 8 nitrogen and oxygen atoms in total. The third-order valence-corrected chi connectivity index (χ3v) is 3.36. The van der Waals surface area contributed by atoms with Gasteiger partial charge in [-0.3, -0.25) is 4.79 Å². The van der Waals surface area contributed by atoms with Gasteiger partial charge in [0.2, 0.25) is 0 Å². The van der Waals surface area contributed by atoms with E-state index >= 15 is 0 Å².